The first-order valence-electron chi connectivity index (χ1n) is 7.54. The second kappa shape index (κ2) is 6.26. The van der Waals surface area contributed by atoms with Gasteiger partial charge in [-0.15, -0.1) is 0 Å². The summed E-state index contributed by atoms with van der Waals surface area (Å²) in [7, 11) is 0. The predicted octanol–water partition coefficient (Wildman–Crippen LogP) is 2.81. The molecule has 0 spiro atoms. The van der Waals surface area contributed by atoms with Crippen molar-refractivity contribution in [3.8, 4) is 5.75 Å². The van der Waals surface area contributed by atoms with Crippen LogP contribution >= 0.6 is 0 Å². The number of nitrogens with two attached hydrogens (primary N) is 1. The number of hydrogen-bond donors (Lipinski definition) is 1. The van der Waals surface area contributed by atoms with E-state index < -0.39 is 0 Å². The molecule has 21 heavy (non-hydrogen) atoms. The van der Waals surface area contributed by atoms with Gasteiger partial charge in [-0.25, -0.2) is 0 Å². The monoisotopic (exact) mass is 287 g/mol. The zero-order chi connectivity index (χ0) is 14.7. The first-order valence-corrected chi connectivity index (χ1v) is 7.54. The number of hydrogen-bond acceptors (Lipinski definition) is 5. The van der Waals surface area contributed by atoms with Gasteiger partial charge in [-0.1, -0.05) is 24.2 Å². The van der Waals surface area contributed by atoms with Crippen LogP contribution in [-0.4, -0.2) is 16.2 Å². The van der Waals surface area contributed by atoms with Crippen LogP contribution in [0.25, 0.3) is 0 Å². The summed E-state index contributed by atoms with van der Waals surface area (Å²) in [6, 6.07) is 8.23. The number of aromatic nitrogens is 2. The van der Waals surface area contributed by atoms with E-state index in [4.69, 9.17) is 15.0 Å². The van der Waals surface area contributed by atoms with Gasteiger partial charge in [0.05, 0.1) is 0 Å². The highest BCUT2D eigenvalue weighted by Gasteiger charge is 2.28. The summed E-state index contributed by atoms with van der Waals surface area (Å²) < 4.78 is 10.8. The molecule has 0 radical (unpaired) electrons. The van der Waals surface area contributed by atoms with Crippen LogP contribution in [-0.2, 0) is 13.0 Å². The minimum absolute atomic E-state index is 0.219. The molecule has 5 heteroatoms. The average molecular weight is 287 g/mol. The van der Waals surface area contributed by atoms with Crippen molar-refractivity contribution in [3.63, 3.8) is 0 Å². The Labute approximate surface area is 124 Å². The Bertz CT molecular complexity index is 575. The van der Waals surface area contributed by atoms with E-state index in [0.29, 0.717) is 18.4 Å². The summed E-state index contributed by atoms with van der Waals surface area (Å²) in [5, 5.41) is 3.97. The maximum Gasteiger partial charge on any atom is 0.264 e. The first-order chi connectivity index (χ1) is 10.2. The Morgan fingerprint density at radius 3 is 2.76 bits per heavy atom. The number of rotatable bonds is 7. The fraction of sp³-hybridized carbons (Fsp3) is 0.500. The minimum atomic E-state index is 0.219. The molecule has 2 N–H and O–H groups in total. The van der Waals surface area contributed by atoms with Gasteiger partial charge < -0.3 is 15.0 Å². The fourth-order valence-corrected chi connectivity index (χ4v) is 2.15. The Balaban J connectivity index is 1.52. The van der Waals surface area contributed by atoms with Gasteiger partial charge in [-0.3, -0.25) is 0 Å². The highest BCUT2D eigenvalue weighted by molar-refractivity contribution is 5.27. The van der Waals surface area contributed by atoms with E-state index in [2.05, 4.69) is 17.1 Å². The van der Waals surface area contributed by atoms with Gasteiger partial charge in [0, 0.05) is 12.0 Å². The maximum atomic E-state index is 5.95. The van der Waals surface area contributed by atoms with Crippen molar-refractivity contribution in [2.45, 2.75) is 51.2 Å². The van der Waals surface area contributed by atoms with E-state index in [9.17, 15) is 0 Å². The first kappa shape index (κ1) is 14.1. The highest BCUT2D eigenvalue weighted by atomic mass is 16.5. The number of nitrogens with zero attached hydrogens (tertiary/aromatic N) is 2. The Hall–Kier alpha value is -1.88. The maximum absolute atomic E-state index is 5.95. The van der Waals surface area contributed by atoms with Crippen LogP contribution < -0.4 is 10.5 Å². The van der Waals surface area contributed by atoms with Crippen LogP contribution in [0.4, 0.5) is 0 Å². The molecular weight excluding hydrogens is 266 g/mol. The smallest absolute Gasteiger partial charge is 0.264 e. The molecule has 1 aromatic heterocycles. The molecule has 3 rings (SSSR count). The molecule has 1 aliphatic rings. The van der Waals surface area contributed by atoms with E-state index in [1.807, 2.05) is 24.3 Å². The third-order valence-corrected chi connectivity index (χ3v) is 3.73. The van der Waals surface area contributed by atoms with Crippen LogP contribution in [0, 0.1) is 0 Å². The van der Waals surface area contributed by atoms with E-state index >= 15 is 0 Å². The standard InChI is InChI=1S/C16H21N3O2/c1-2-13(17)9-11-3-7-14(8-4-11)20-10-15-18-16(19-21-15)12-5-6-12/h3-4,7-8,12-13H,2,5-6,9-10,17H2,1H3. The van der Waals surface area contributed by atoms with Gasteiger partial charge in [-0.05, 0) is 43.4 Å². The van der Waals surface area contributed by atoms with Gasteiger partial charge in [0.2, 0.25) is 0 Å². The lowest BCUT2D eigenvalue weighted by atomic mass is 10.0. The van der Waals surface area contributed by atoms with Crippen molar-refractivity contribution >= 4 is 0 Å². The van der Waals surface area contributed by atoms with Crippen LogP contribution in [0.5, 0.6) is 5.75 Å². The van der Waals surface area contributed by atoms with E-state index in [1.165, 1.54) is 18.4 Å². The van der Waals surface area contributed by atoms with E-state index in [1.54, 1.807) is 0 Å². The van der Waals surface area contributed by atoms with Crippen molar-refractivity contribution in [2.24, 2.45) is 5.73 Å². The Kier molecular flexibility index (Phi) is 4.20. The molecule has 1 aromatic carbocycles. The van der Waals surface area contributed by atoms with Crippen LogP contribution in [0.1, 0.15) is 49.4 Å². The molecule has 0 aliphatic heterocycles. The largest absolute Gasteiger partial charge is 0.484 e. The van der Waals surface area contributed by atoms with E-state index in [0.717, 1.165) is 24.4 Å². The van der Waals surface area contributed by atoms with Crippen LogP contribution in [0.15, 0.2) is 28.8 Å². The van der Waals surface area contributed by atoms with Crippen molar-refractivity contribution in [2.75, 3.05) is 0 Å². The molecule has 1 aliphatic carbocycles. The second-order valence-electron chi connectivity index (χ2n) is 5.63. The summed E-state index contributed by atoms with van der Waals surface area (Å²) >= 11 is 0. The Morgan fingerprint density at radius 1 is 1.33 bits per heavy atom. The minimum Gasteiger partial charge on any atom is -0.484 e. The normalized spacial score (nSPS) is 15.9. The van der Waals surface area contributed by atoms with Crippen LogP contribution in [0.2, 0.25) is 0 Å². The lowest BCUT2D eigenvalue weighted by Gasteiger charge is -2.09. The number of benzene rings is 1. The summed E-state index contributed by atoms with van der Waals surface area (Å²) in [4.78, 5) is 4.34. The van der Waals surface area contributed by atoms with Gasteiger partial charge in [0.15, 0.2) is 12.4 Å². The van der Waals surface area contributed by atoms with Gasteiger partial charge >= 0.3 is 0 Å². The highest BCUT2D eigenvalue weighted by Crippen LogP contribution is 2.38. The summed E-state index contributed by atoms with van der Waals surface area (Å²) in [6.07, 6.45) is 4.21. The summed E-state index contributed by atoms with van der Waals surface area (Å²) in [5.74, 6) is 2.66. The van der Waals surface area contributed by atoms with Gasteiger partial charge in [0.1, 0.15) is 5.75 Å². The SMILES string of the molecule is CCC(N)Cc1ccc(OCc2nc(C3CC3)no2)cc1. The third-order valence-electron chi connectivity index (χ3n) is 3.73. The molecule has 112 valence electrons. The molecule has 1 fully saturated rings. The van der Waals surface area contributed by atoms with Crippen molar-refractivity contribution < 1.29 is 9.26 Å². The molecule has 1 saturated carbocycles. The third kappa shape index (κ3) is 3.82. The zero-order valence-electron chi connectivity index (χ0n) is 12.3. The molecule has 1 heterocycles. The molecular formula is C16H21N3O2. The van der Waals surface area contributed by atoms with Gasteiger partial charge in [0.25, 0.3) is 5.89 Å². The van der Waals surface area contributed by atoms with Gasteiger partial charge in [-0.2, -0.15) is 4.98 Å². The molecule has 2 aromatic rings. The zero-order valence-corrected chi connectivity index (χ0v) is 12.3. The molecule has 5 nitrogen and oxygen atoms in total. The van der Waals surface area contributed by atoms with Crippen molar-refractivity contribution in [1.82, 2.24) is 10.1 Å². The lowest BCUT2D eigenvalue weighted by Crippen LogP contribution is -2.21. The topological polar surface area (TPSA) is 74.2 Å². The summed E-state index contributed by atoms with van der Waals surface area (Å²) in [6.45, 7) is 2.41. The second-order valence-corrected chi connectivity index (χ2v) is 5.63. The fourth-order valence-electron chi connectivity index (χ4n) is 2.15. The van der Waals surface area contributed by atoms with E-state index in [-0.39, 0.29) is 6.04 Å². The quantitative estimate of drug-likeness (QED) is 0.847. The molecule has 0 amide bonds. The predicted molar refractivity (Wildman–Crippen MR) is 79.0 cm³/mol. The van der Waals surface area contributed by atoms with Crippen LogP contribution in [0.3, 0.4) is 0 Å². The average Bonchev–Trinajstić information content (AvgIpc) is 3.25. The summed E-state index contributed by atoms with van der Waals surface area (Å²) in [5.41, 5.74) is 7.18. The van der Waals surface area contributed by atoms with Crippen molar-refractivity contribution in [1.29, 1.82) is 0 Å². The lowest BCUT2D eigenvalue weighted by molar-refractivity contribution is 0.242. The number of ether oxygens (including phenoxy) is 1. The molecule has 0 bridgehead atoms. The molecule has 1 atom stereocenters. The molecule has 1 unspecified atom stereocenters. The Morgan fingerprint density at radius 2 is 2.10 bits per heavy atom. The molecule has 0 saturated heterocycles. The van der Waals surface area contributed by atoms with Crippen molar-refractivity contribution in [3.05, 3.63) is 41.5 Å².